The molecule has 184 valence electrons. The van der Waals surface area contributed by atoms with Gasteiger partial charge in [0.05, 0.1) is 20.3 Å². The van der Waals surface area contributed by atoms with E-state index in [1.54, 1.807) is 13.3 Å². The summed E-state index contributed by atoms with van der Waals surface area (Å²) in [6.45, 7) is 6.15. The lowest BCUT2D eigenvalue weighted by atomic mass is 10.1. The van der Waals surface area contributed by atoms with Crippen LogP contribution in [0.5, 0.6) is 5.75 Å². The number of ether oxygens (including phenoxy) is 2. The molecule has 1 aromatic carbocycles. The summed E-state index contributed by atoms with van der Waals surface area (Å²) >= 11 is 0. The number of methoxy groups -OCH3 is 1. The number of amides is 1. The summed E-state index contributed by atoms with van der Waals surface area (Å²) < 4.78 is 10.9. The number of nitrogens with zero attached hydrogens (tertiary/aromatic N) is 4. The molecule has 3 aromatic rings. The van der Waals surface area contributed by atoms with Crippen LogP contribution in [-0.4, -0.2) is 73.8 Å². The van der Waals surface area contributed by atoms with Crippen LogP contribution in [0.2, 0.25) is 0 Å². The predicted octanol–water partition coefficient (Wildman–Crippen LogP) is 3.00. The van der Waals surface area contributed by atoms with E-state index in [9.17, 15) is 4.79 Å². The summed E-state index contributed by atoms with van der Waals surface area (Å²) in [6, 6.07) is 15.8. The summed E-state index contributed by atoms with van der Waals surface area (Å²) in [5.41, 5.74) is 3.24. The van der Waals surface area contributed by atoms with E-state index in [0.29, 0.717) is 26.2 Å². The first-order chi connectivity index (χ1) is 17.2. The van der Waals surface area contributed by atoms with Gasteiger partial charge >= 0.3 is 0 Å². The molecular formula is C27H33N5O3. The summed E-state index contributed by atoms with van der Waals surface area (Å²) in [5, 5.41) is 2.93. The number of aromatic nitrogens is 2. The van der Waals surface area contributed by atoms with Crippen molar-refractivity contribution in [1.82, 2.24) is 20.2 Å². The van der Waals surface area contributed by atoms with E-state index in [1.807, 2.05) is 48.8 Å². The molecule has 1 saturated heterocycles. The maximum absolute atomic E-state index is 12.1. The quantitative estimate of drug-likeness (QED) is 0.427. The van der Waals surface area contributed by atoms with Crippen molar-refractivity contribution in [3.8, 4) is 16.9 Å². The minimum atomic E-state index is -0.00536. The Hall–Kier alpha value is -3.49. The van der Waals surface area contributed by atoms with Crippen molar-refractivity contribution in [3.63, 3.8) is 0 Å². The Morgan fingerprint density at radius 3 is 2.54 bits per heavy atom. The van der Waals surface area contributed by atoms with Gasteiger partial charge in [-0.15, -0.1) is 0 Å². The number of carbonyl (C=O) groups is 1. The lowest BCUT2D eigenvalue weighted by Crippen LogP contribution is -2.47. The maximum Gasteiger partial charge on any atom is 0.222 e. The van der Waals surface area contributed by atoms with Crippen LogP contribution in [0.15, 0.2) is 67.1 Å². The van der Waals surface area contributed by atoms with Crippen LogP contribution in [0.25, 0.3) is 11.1 Å². The van der Waals surface area contributed by atoms with Crippen LogP contribution < -0.4 is 15.0 Å². The largest absolute Gasteiger partial charge is 0.497 e. The van der Waals surface area contributed by atoms with Gasteiger partial charge in [-0.2, -0.15) is 0 Å². The van der Waals surface area contributed by atoms with E-state index in [-0.39, 0.29) is 5.91 Å². The van der Waals surface area contributed by atoms with E-state index in [0.717, 1.165) is 61.0 Å². The summed E-state index contributed by atoms with van der Waals surface area (Å²) in [5.74, 6) is 1.81. The fourth-order valence-corrected chi connectivity index (χ4v) is 4.07. The second-order valence-electron chi connectivity index (χ2n) is 8.43. The molecule has 2 aromatic heterocycles. The van der Waals surface area contributed by atoms with Gasteiger partial charge in [-0.3, -0.25) is 14.7 Å². The van der Waals surface area contributed by atoms with Gasteiger partial charge in [-0.25, -0.2) is 4.98 Å². The van der Waals surface area contributed by atoms with Crippen LogP contribution in [0.3, 0.4) is 0 Å². The molecular weight excluding hydrogens is 442 g/mol. The fourth-order valence-electron chi connectivity index (χ4n) is 4.07. The highest BCUT2D eigenvalue weighted by atomic mass is 16.5. The van der Waals surface area contributed by atoms with Gasteiger partial charge in [-0.05, 0) is 35.9 Å². The number of carbonyl (C=O) groups excluding carboxylic acids is 1. The Morgan fingerprint density at radius 2 is 1.80 bits per heavy atom. The number of hydrogen-bond donors (Lipinski definition) is 1. The minimum Gasteiger partial charge on any atom is -0.497 e. The second kappa shape index (κ2) is 12.8. The first-order valence-corrected chi connectivity index (χ1v) is 12.0. The highest BCUT2D eigenvalue weighted by Crippen LogP contribution is 2.28. The van der Waals surface area contributed by atoms with Gasteiger partial charge in [0, 0.05) is 75.4 Å². The molecule has 4 rings (SSSR count). The molecule has 0 unspecified atom stereocenters. The van der Waals surface area contributed by atoms with Crippen LogP contribution >= 0.6 is 0 Å². The first-order valence-electron chi connectivity index (χ1n) is 12.0. The zero-order valence-corrected chi connectivity index (χ0v) is 20.2. The van der Waals surface area contributed by atoms with Crippen molar-refractivity contribution in [2.45, 2.75) is 13.0 Å². The lowest BCUT2D eigenvalue weighted by Gasteiger charge is -2.36. The van der Waals surface area contributed by atoms with E-state index < -0.39 is 0 Å². The molecule has 1 aliphatic heterocycles. The van der Waals surface area contributed by atoms with Crippen molar-refractivity contribution in [1.29, 1.82) is 0 Å². The average molecular weight is 476 g/mol. The number of pyridine rings is 2. The van der Waals surface area contributed by atoms with Crippen LogP contribution in [-0.2, 0) is 16.1 Å². The molecule has 3 heterocycles. The number of nitrogens with one attached hydrogen (secondary N) is 1. The van der Waals surface area contributed by atoms with Gasteiger partial charge in [-0.1, -0.05) is 18.2 Å². The summed E-state index contributed by atoms with van der Waals surface area (Å²) in [6.07, 6.45) is 5.88. The highest BCUT2D eigenvalue weighted by Gasteiger charge is 2.20. The monoisotopic (exact) mass is 475 g/mol. The third-order valence-corrected chi connectivity index (χ3v) is 6.11. The third kappa shape index (κ3) is 7.24. The highest BCUT2D eigenvalue weighted by molar-refractivity contribution is 5.76. The molecule has 0 saturated carbocycles. The normalized spacial score (nSPS) is 14.0. The van der Waals surface area contributed by atoms with E-state index >= 15 is 0 Å². The number of anilines is 1. The van der Waals surface area contributed by atoms with E-state index in [2.05, 4.69) is 37.2 Å². The van der Waals surface area contributed by atoms with Crippen LogP contribution in [0.1, 0.15) is 12.0 Å². The molecule has 0 aliphatic carbocycles. The molecule has 8 heteroatoms. The molecule has 0 radical (unpaired) electrons. The molecule has 8 nitrogen and oxygen atoms in total. The second-order valence-corrected chi connectivity index (χ2v) is 8.43. The molecule has 1 N–H and O–H groups in total. The molecule has 0 atom stereocenters. The van der Waals surface area contributed by atoms with Crippen molar-refractivity contribution in [3.05, 3.63) is 72.7 Å². The number of rotatable bonds is 11. The maximum atomic E-state index is 12.1. The van der Waals surface area contributed by atoms with Crippen molar-refractivity contribution < 1.29 is 14.3 Å². The molecule has 0 spiro atoms. The van der Waals surface area contributed by atoms with Crippen molar-refractivity contribution in [2.75, 3.05) is 57.9 Å². The smallest absolute Gasteiger partial charge is 0.222 e. The average Bonchev–Trinajstić information content (AvgIpc) is 2.93. The van der Waals surface area contributed by atoms with E-state index in [1.165, 1.54) is 0 Å². The Labute approximate surface area is 206 Å². The van der Waals surface area contributed by atoms with Crippen molar-refractivity contribution in [2.24, 2.45) is 0 Å². The number of piperazine rings is 1. The Kier molecular flexibility index (Phi) is 9.03. The molecule has 0 bridgehead atoms. The van der Waals surface area contributed by atoms with Crippen LogP contribution in [0, 0.1) is 0 Å². The molecule has 1 amide bonds. The lowest BCUT2D eigenvalue weighted by molar-refractivity contribution is -0.122. The van der Waals surface area contributed by atoms with Crippen LogP contribution in [0.4, 0.5) is 5.82 Å². The standard InChI is InChI=1S/C27H33N5O3/c1-34-24-8-6-22(7-9-24)20-30-26(33)10-18-35-19-17-31-13-15-32(16-14-31)27-25(5-3-12-29-27)23-4-2-11-28-21-23/h2-9,11-12,21H,10,13-20H2,1H3,(H,30,33). The number of hydrogen-bond acceptors (Lipinski definition) is 7. The summed E-state index contributed by atoms with van der Waals surface area (Å²) in [4.78, 5) is 25.7. The zero-order chi connectivity index (χ0) is 24.3. The van der Waals surface area contributed by atoms with Gasteiger partial charge in [0.1, 0.15) is 11.6 Å². The minimum absolute atomic E-state index is 0.00536. The van der Waals surface area contributed by atoms with Gasteiger partial charge in [0.15, 0.2) is 0 Å². The fraction of sp³-hybridized carbons (Fsp3) is 0.370. The SMILES string of the molecule is COc1ccc(CNC(=O)CCOCCN2CCN(c3ncccc3-c3cccnc3)CC2)cc1. The predicted molar refractivity (Wildman–Crippen MR) is 136 cm³/mol. The first kappa shape index (κ1) is 24.6. The molecule has 1 fully saturated rings. The van der Waals surface area contributed by atoms with Crippen molar-refractivity contribution >= 4 is 11.7 Å². The van der Waals surface area contributed by atoms with Gasteiger partial charge < -0.3 is 19.7 Å². The summed E-state index contributed by atoms with van der Waals surface area (Å²) in [7, 11) is 1.64. The third-order valence-electron chi connectivity index (χ3n) is 6.11. The Morgan fingerprint density at radius 1 is 1.00 bits per heavy atom. The molecule has 35 heavy (non-hydrogen) atoms. The van der Waals surface area contributed by atoms with Gasteiger partial charge in [0.2, 0.25) is 5.91 Å². The molecule has 1 aliphatic rings. The zero-order valence-electron chi connectivity index (χ0n) is 20.2. The van der Waals surface area contributed by atoms with E-state index in [4.69, 9.17) is 9.47 Å². The van der Waals surface area contributed by atoms with Gasteiger partial charge in [0.25, 0.3) is 0 Å². The number of benzene rings is 1. The Bertz CT molecular complexity index is 1050. The Balaban J connectivity index is 1.12. The topological polar surface area (TPSA) is 79.8 Å².